The van der Waals surface area contributed by atoms with E-state index >= 15 is 0 Å². The zero-order valence-corrected chi connectivity index (χ0v) is 14.7. The second-order valence-electron chi connectivity index (χ2n) is 5.71. The number of methoxy groups -OCH3 is 1. The van der Waals surface area contributed by atoms with Gasteiger partial charge in [0.05, 0.1) is 24.8 Å². The van der Waals surface area contributed by atoms with Crippen molar-refractivity contribution in [3.05, 3.63) is 46.5 Å². The van der Waals surface area contributed by atoms with E-state index in [9.17, 15) is 24.9 Å². The Kier molecular flexibility index (Phi) is 5.71. The van der Waals surface area contributed by atoms with Gasteiger partial charge in [0, 0.05) is 6.07 Å². The molecule has 2 rings (SSSR count). The van der Waals surface area contributed by atoms with Gasteiger partial charge in [0.15, 0.2) is 0 Å². The van der Waals surface area contributed by atoms with Crippen molar-refractivity contribution in [1.29, 1.82) is 0 Å². The van der Waals surface area contributed by atoms with Crippen molar-refractivity contribution < 1.29 is 34.4 Å². The number of carbonyl (C=O) groups excluding carboxylic acids is 2. The number of rotatable bonds is 6. The van der Waals surface area contributed by atoms with Gasteiger partial charge in [-0.25, -0.2) is 4.79 Å². The van der Waals surface area contributed by atoms with Crippen LogP contribution in [-0.4, -0.2) is 40.8 Å². The minimum absolute atomic E-state index is 0.0448. The van der Waals surface area contributed by atoms with Crippen LogP contribution >= 0.6 is 0 Å². The summed E-state index contributed by atoms with van der Waals surface area (Å²) < 4.78 is 10.2. The van der Waals surface area contributed by atoms with Crippen LogP contribution in [0.2, 0.25) is 0 Å². The van der Waals surface area contributed by atoms with E-state index < -0.39 is 23.3 Å². The molecule has 3 N–H and O–H groups in total. The Balaban J connectivity index is 2.73. The number of ketones is 1. The summed E-state index contributed by atoms with van der Waals surface area (Å²) in [5, 5.41) is 30.1. The molecule has 0 aliphatic heterocycles. The molecule has 26 heavy (non-hydrogen) atoms. The molecule has 0 spiro atoms. The minimum Gasteiger partial charge on any atom is -0.508 e. The predicted molar refractivity (Wildman–Crippen MR) is 93.2 cm³/mol. The highest BCUT2D eigenvalue weighted by atomic mass is 16.5. The fraction of sp³-hybridized carbons (Fsp3) is 0.263. The van der Waals surface area contributed by atoms with Gasteiger partial charge < -0.3 is 24.8 Å². The summed E-state index contributed by atoms with van der Waals surface area (Å²) in [6.07, 6.45) is 0.623. The lowest BCUT2D eigenvalue weighted by atomic mass is 9.95. The molecule has 2 aromatic rings. The number of phenols is 3. The molecular weight excluding hydrogens is 340 g/mol. The Morgan fingerprint density at radius 3 is 2.15 bits per heavy atom. The summed E-state index contributed by atoms with van der Waals surface area (Å²) in [5.41, 5.74) is -0.258. The summed E-state index contributed by atoms with van der Waals surface area (Å²) in [5.74, 6) is -2.89. The van der Waals surface area contributed by atoms with Gasteiger partial charge in [-0.05, 0) is 37.1 Å². The minimum atomic E-state index is -0.864. The molecule has 0 saturated heterocycles. The molecule has 0 amide bonds. The molecule has 0 aromatic heterocycles. The summed E-state index contributed by atoms with van der Waals surface area (Å²) in [6, 6.07) is 4.90. The maximum Gasteiger partial charge on any atom is 0.338 e. The van der Waals surface area contributed by atoms with Crippen LogP contribution in [-0.2, 0) is 4.74 Å². The van der Waals surface area contributed by atoms with Crippen LogP contribution < -0.4 is 4.74 Å². The lowest BCUT2D eigenvalue weighted by Crippen LogP contribution is -2.14. The number of hydrogen-bond donors (Lipinski definition) is 3. The van der Waals surface area contributed by atoms with Crippen LogP contribution in [0, 0.1) is 6.92 Å². The number of phenolic OH excluding ortho intramolecular Hbond substituents is 3. The number of aromatic hydroxyl groups is 3. The first kappa shape index (κ1) is 19.1. The van der Waals surface area contributed by atoms with Crippen LogP contribution in [0.3, 0.4) is 0 Å². The van der Waals surface area contributed by atoms with Crippen molar-refractivity contribution in [2.75, 3.05) is 13.7 Å². The second-order valence-corrected chi connectivity index (χ2v) is 5.71. The fourth-order valence-corrected chi connectivity index (χ4v) is 2.54. The molecule has 2 aromatic carbocycles. The van der Waals surface area contributed by atoms with Crippen LogP contribution in [0.15, 0.2) is 24.3 Å². The second kappa shape index (κ2) is 7.77. The highest BCUT2D eigenvalue weighted by Crippen LogP contribution is 2.36. The number of carbonyl (C=O) groups is 2. The molecule has 0 fully saturated rings. The first-order chi connectivity index (χ1) is 12.3. The van der Waals surface area contributed by atoms with Gasteiger partial charge in [-0.2, -0.15) is 0 Å². The summed E-state index contributed by atoms with van der Waals surface area (Å²) in [4.78, 5) is 25.2. The van der Waals surface area contributed by atoms with Crippen molar-refractivity contribution in [3.8, 4) is 23.0 Å². The number of esters is 1. The van der Waals surface area contributed by atoms with Crippen molar-refractivity contribution in [1.82, 2.24) is 0 Å². The van der Waals surface area contributed by atoms with Gasteiger partial charge in [-0.3, -0.25) is 4.79 Å². The van der Waals surface area contributed by atoms with E-state index in [-0.39, 0.29) is 34.8 Å². The van der Waals surface area contributed by atoms with Crippen LogP contribution in [0.25, 0.3) is 0 Å². The van der Waals surface area contributed by atoms with E-state index in [2.05, 4.69) is 4.74 Å². The lowest BCUT2D eigenvalue weighted by molar-refractivity contribution is 0.0596. The van der Waals surface area contributed by atoms with Crippen LogP contribution in [0.4, 0.5) is 0 Å². The fourth-order valence-electron chi connectivity index (χ4n) is 2.54. The van der Waals surface area contributed by atoms with Gasteiger partial charge in [0.2, 0.25) is 5.78 Å². The highest BCUT2D eigenvalue weighted by molar-refractivity contribution is 6.18. The smallest absolute Gasteiger partial charge is 0.338 e. The molecule has 7 nitrogen and oxygen atoms in total. The topological polar surface area (TPSA) is 113 Å². The SMILES string of the molecule is CCCOc1cc(O)cc(C(=O)OC)c1C(=O)c1c(O)cc(C)cc1O. The van der Waals surface area contributed by atoms with E-state index in [0.717, 1.165) is 13.2 Å². The molecule has 7 heteroatoms. The maximum atomic E-state index is 13.0. The monoisotopic (exact) mass is 360 g/mol. The molecule has 138 valence electrons. The molecule has 0 aliphatic rings. The number of hydrogen-bond acceptors (Lipinski definition) is 7. The Morgan fingerprint density at radius 2 is 1.62 bits per heavy atom. The Labute approximate surface area is 150 Å². The van der Waals surface area contributed by atoms with Crippen LogP contribution in [0.5, 0.6) is 23.0 Å². The standard InChI is InChI=1S/C19H20O7/c1-4-5-26-15-9-11(20)8-12(19(24)25-3)16(15)18(23)17-13(21)6-10(2)7-14(17)22/h6-9,20-22H,4-5H2,1-3H3. The molecule has 0 aliphatic carbocycles. The Hall–Kier alpha value is -3.22. The number of benzene rings is 2. The summed E-state index contributed by atoms with van der Waals surface area (Å²) in [6.45, 7) is 3.73. The Bertz CT molecular complexity index is 832. The van der Waals surface area contributed by atoms with E-state index in [1.807, 2.05) is 6.92 Å². The van der Waals surface area contributed by atoms with E-state index in [1.165, 1.54) is 18.2 Å². The highest BCUT2D eigenvalue weighted by Gasteiger charge is 2.28. The third-order valence-electron chi connectivity index (χ3n) is 3.65. The lowest BCUT2D eigenvalue weighted by Gasteiger charge is -2.16. The molecule has 0 unspecified atom stereocenters. The number of aryl methyl sites for hydroxylation is 1. The average molecular weight is 360 g/mol. The summed E-state index contributed by atoms with van der Waals surface area (Å²) >= 11 is 0. The first-order valence-corrected chi connectivity index (χ1v) is 7.95. The number of ether oxygens (including phenoxy) is 2. The van der Waals surface area contributed by atoms with Gasteiger partial charge in [-0.15, -0.1) is 0 Å². The maximum absolute atomic E-state index is 13.0. The molecule has 0 radical (unpaired) electrons. The van der Waals surface area contributed by atoms with E-state index in [0.29, 0.717) is 12.0 Å². The zero-order valence-electron chi connectivity index (χ0n) is 14.7. The van der Waals surface area contributed by atoms with E-state index in [1.54, 1.807) is 6.92 Å². The zero-order chi connectivity index (χ0) is 19.4. The normalized spacial score (nSPS) is 10.4. The van der Waals surface area contributed by atoms with Crippen molar-refractivity contribution in [3.63, 3.8) is 0 Å². The summed E-state index contributed by atoms with van der Waals surface area (Å²) in [7, 11) is 1.13. The average Bonchev–Trinajstić information content (AvgIpc) is 2.57. The van der Waals surface area contributed by atoms with Crippen molar-refractivity contribution in [2.24, 2.45) is 0 Å². The van der Waals surface area contributed by atoms with Gasteiger partial charge >= 0.3 is 5.97 Å². The first-order valence-electron chi connectivity index (χ1n) is 7.95. The van der Waals surface area contributed by atoms with Crippen molar-refractivity contribution in [2.45, 2.75) is 20.3 Å². The third-order valence-corrected chi connectivity index (χ3v) is 3.65. The van der Waals surface area contributed by atoms with Crippen LogP contribution in [0.1, 0.15) is 45.2 Å². The molecule has 0 atom stereocenters. The molecule has 0 bridgehead atoms. The van der Waals surface area contributed by atoms with Gasteiger partial charge in [0.1, 0.15) is 28.6 Å². The van der Waals surface area contributed by atoms with Gasteiger partial charge in [0.25, 0.3) is 0 Å². The predicted octanol–water partition coefficient (Wildman–Crippen LogP) is 2.92. The molecular formula is C19H20O7. The van der Waals surface area contributed by atoms with Crippen molar-refractivity contribution >= 4 is 11.8 Å². The largest absolute Gasteiger partial charge is 0.508 e. The van der Waals surface area contributed by atoms with Gasteiger partial charge in [-0.1, -0.05) is 6.92 Å². The third kappa shape index (κ3) is 3.72. The Morgan fingerprint density at radius 1 is 1.00 bits per heavy atom. The quantitative estimate of drug-likeness (QED) is 0.536. The molecule has 0 saturated carbocycles. The van der Waals surface area contributed by atoms with E-state index in [4.69, 9.17) is 4.74 Å². The molecule has 0 heterocycles.